The van der Waals surface area contributed by atoms with E-state index in [0.717, 1.165) is 50.0 Å². The third-order valence-corrected chi connectivity index (χ3v) is 7.86. The van der Waals surface area contributed by atoms with Crippen LogP contribution in [0.2, 0.25) is 0 Å². The molecule has 1 N–H and O–H groups in total. The summed E-state index contributed by atoms with van der Waals surface area (Å²) >= 11 is 5.67. The van der Waals surface area contributed by atoms with Crippen molar-refractivity contribution in [3.63, 3.8) is 0 Å². The van der Waals surface area contributed by atoms with E-state index in [-0.39, 0.29) is 12.0 Å². The number of nitrogens with zero attached hydrogens (tertiary/aromatic N) is 1. The zero-order chi connectivity index (χ0) is 20.8. The lowest BCUT2D eigenvalue weighted by atomic mass is 9.66. The van der Waals surface area contributed by atoms with Crippen LogP contribution in [0.3, 0.4) is 0 Å². The van der Waals surface area contributed by atoms with Crippen LogP contribution in [0.1, 0.15) is 49.7 Å². The highest BCUT2D eigenvalue weighted by molar-refractivity contribution is 7.80. The van der Waals surface area contributed by atoms with Crippen LogP contribution in [-0.4, -0.2) is 49.8 Å². The summed E-state index contributed by atoms with van der Waals surface area (Å²) in [5.41, 5.74) is 1.64. The number of hydrogen-bond donors (Lipinski definition) is 1. The summed E-state index contributed by atoms with van der Waals surface area (Å²) < 4.78 is 31.3. The molecule has 1 saturated heterocycles. The van der Waals surface area contributed by atoms with E-state index in [1.54, 1.807) is 12.0 Å². The van der Waals surface area contributed by atoms with Gasteiger partial charge in [0.2, 0.25) is 0 Å². The fraction of sp³-hybridized carbons (Fsp3) is 0.696. The van der Waals surface area contributed by atoms with E-state index in [1.165, 1.54) is 18.4 Å². The van der Waals surface area contributed by atoms with Crippen molar-refractivity contribution < 1.29 is 18.6 Å². The standard InChI is InChI=1S/C23H31FN2O3S/c1-27-18-6-8-22(9-7-18)13-17-4-5-19(28-14-16-2-3-16)12-20(17)23(22)25-21(30)26(11-10-24)15-29-23/h4-5,12,16,18H,2-3,6-11,13-15H2,1H3,(H,25,30). The summed E-state index contributed by atoms with van der Waals surface area (Å²) in [4.78, 5) is 1.76. The molecule has 1 aromatic carbocycles. The molecule has 5 rings (SSSR count). The van der Waals surface area contributed by atoms with Crippen LogP contribution < -0.4 is 10.1 Å². The van der Waals surface area contributed by atoms with Crippen LogP contribution in [-0.2, 0) is 21.6 Å². The van der Waals surface area contributed by atoms with Gasteiger partial charge in [-0.3, -0.25) is 0 Å². The molecular formula is C23H31FN2O3S. The number of alkyl halides is 1. The first-order chi connectivity index (χ1) is 14.6. The van der Waals surface area contributed by atoms with Crippen molar-refractivity contribution in [2.75, 3.05) is 33.7 Å². The number of ether oxygens (including phenoxy) is 3. The van der Waals surface area contributed by atoms with Crippen molar-refractivity contribution in [3.05, 3.63) is 29.3 Å². The smallest absolute Gasteiger partial charge is 0.175 e. The van der Waals surface area contributed by atoms with Crippen LogP contribution in [0.25, 0.3) is 0 Å². The van der Waals surface area contributed by atoms with Crippen LogP contribution in [0.4, 0.5) is 4.39 Å². The maximum Gasteiger partial charge on any atom is 0.175 e. The number of fused-ring (bicyclic) bond motifs is 3. The highest BCUT2D eigenvalue weighted by Gasteiger charge is 2.61. The van der Waals surface area contributed by atoms with Crippen molar-refractivity contribution in [1.29, 1.82) is 0 Å². The lowest BCUT2D eigenvalue weighted by Crippen LogP contribution is -2.65. The summed E-state index contributed by atoms with van der Waals surface area (Å²) in [5, 5.41) is 4.13. The van der Waals surface area contributed by atoms with Gasteiger partial charge >= 0.3 is 0 Å². The first kappa shape index (κ1) is 20.5. The summed E-state index contributed by atoms with van der Waals surface area (Å²) in [6.45, 7) is 0.883. The van der Waals surface area contributed by atoms with Gasteiger partial charge in [0.05, 0.1) is 19.3 Å². The molecule has 1 aromatic rings. The van der Waals surface area contributed by atoms with Gasteiger partial charge in [0, 0.05) is 18.1 Å². The topological polar surface area (TPSA) is 43.0 Å². The number of thiocarbonyl (C=S) groups is 1. The average molecular weight is 435 g/mol. The molecule has 3 aliphatic carbocycles. The second kappa shape index (κ2) is 7.92. The molecule has 5 nitrogen and oxygen atoms in total. The molecule has 0 aromatic heterocycles. The van der Waals surface area contributed by atoms with Gasteiger partial charge in [-0.1, -0.05) is 6.07 Å². The fourth-order valence-electron chi connectivity index (χ4n) is 5.51. The van der Waals surface area contributed by atoms with Gasteiger partial charge in [-0.2, -0.15) is 0 Å². The van der Waals surface area contributed by atoms with Gasteiger partial charge in [0.15, 0.2) is 10.8 Å². The number of hydrogen-bond acceptors (Lipinski definition) is 4. The molecule has 1 atom stereocenters. The minimum absolute atomic E-state index is 0.0919. The highest BCUT2D eigenvalue weighted by Crippen LogP contribution is 2.59. The molecule has 1 aliphatic heterocycles. The monoisotopic (exact) mass is 434 g/mol. The fourth-order valence-corrected chi connectivity index (χ4v) is 5.79. The average Bonchev–Trinajstić information content (AvgIpc) is 3.56. The summed E-state index contributed by atoms with van der Waals surface area (Å²) in [5.74, 6) is 1.60. The van der Waals surface area contributed by atoms with Gasteiger partial charge in [-0.15, -0.1) is 0 Å². The van der Waals surface area contributed by atoms with E-state index >= 15 is 0 Å². The summed E-state index contributed by atoms with van der Waals surface area (Å²) in [6, 6.07) is 6.43. The second-order valence-electron chi connectivity index (χ2n) is 9.30. The van der Waals surface area contributed by atoms with Crippen LogP contribution in [0.15, 0.2) is 18.2 Å². The van der Waals surface area contributed by atoms with Crippen molar-refractivity contribution >= 4 is 17.3 Å². The summed E-state index contributed by atoms with van der Waals surface area (Å²) in [6.07, 6.45) is 7.78. The Labute approximate surface area is 183 Å². The predicted octanol–water partition coefficient (Wildman–Crippen LogP) is 3.89. The molecule has 4 aliphatic rings. The van der Waals surface area contributed by atoms with Gasteiger partial charge in [0.25, 0.3) is 0 Å². The number of rotatable bonds is 6. The summed E-state index contributed by atoms with van der Waals surface area (Å²) in [7, 11) is 1.80. The maximum absolute atomic E-state index is 13.0. The van der Waals surface area contributed by atoms with Crippen LogP contribution in [0, 0.1) is 11.3 Å². The molecular weight excluding hydrogens is 403 g/mol. The van der Waals surface area contributed by atoms with E-state index in [9.17, 15) is 4.39 Å². The molecule has 1 heterocycles. The van der Waals surface area contributed by atoms with Gasteiger partial charge in [-0.05, 0) is 80.8 Å². The third kappa shape index (κ3) is 3.39. The Kier molecular flexibility index (Phi) is 5.40. The predicted molar refractivity (Wildman–Crippen MR) is 116 cm³/mol. The van der Waals surface area contributed by atoms with E-state index < -0.39 is 12.4 Å². The van der Waals surface area contributed by atoms with Gasteiger partial charge < -0.3 is 24.4 Å². The Hall–Kier alpha value is -1.44. The molecule has 0 bridgehead atoms. The Morgan fingerprint density at radius 2 is 2.07 bits per heavy atom. The number of nitrogens with one attached hydrogen (secondary N) is 1. The zero-order valence-corrected chi connectivity index (χ0v) is 18.4. The van der Waals surface area contributed by atoms with Gasteiger partial charge in [-0.25, -0.2) is 4.39 Å². The normalized spacial score (nSPS) is 33.1. The van der Waals surface area contributed by atoms with E-state index in [1.807, 2.05) is 0 Å². The molecule has 2 spiro atoms. The molecule has 1 unspecified atom stereocenters. The Morgan fingerprint density at radius 1 is 1.27 bits per heavy atom. The first-order valence-electron chi connectivity index (χ1n) is 11.2. The Bertz CT molecular complexity index is 810. The number of halogens is 1. The van der Waals surface area contributed by atoms with Crippen molar-refractivity contribution in [2.24, 2.45) is 11.3 Å². The molecule has 0 radical (unpaired) electrons. The van der Waals surface area contributed by atoms with Gasteiger partial charge in [0.1, 0.15) is 19.2 Å². The lowest BCUT2D eigenvalue weighted by Gasteiger charge is -2.53. The van der Waals surface area contributed by atoms with Crippen molar-refractivity contribution in [3.8, 4) is 5.75 Å². The number of benzene rings is 1. The minimum atomic E-state index is -0.691. The van der Waals surface area contributed by atoms with Crippen molar-refractivity contribution in [1.82, 2.24) is 10.2 Å². The second-order valence-corrected chi connectivity index (χ2v) is 9.69. The Balaban J connectivity index is 1.48. The van der Waals surface area contributed by atoms with E-state index in [0.29, 0.717) is 23.9 Å². The maximum atomic E-state index is 13.0. The van der Waals surface area contributed by atoms with E-state index in [4.69, 9.17) is 26.4 Å². The molecule has 0 amide bonds. The van der Waals surface area contributed by atoms with Crippen LogP contribution >= 0.6 is 12.2 Å². The SMILES string of the molecule is COC1CCC2(CC1)Cc1ccc(OCC3CC3)cc1C21NC(=S)N(CCF)CO1. The zero-order valence-electron chi connectivity index (χ0n) is 17.6. The highest BCUT2D eigenvalue weighted by atomic mass is 32.1. The molecule has 7 heteroatoms. The Morgan fingerprint density at radius 3 is 2.73 bits per heavy atom. The molecule has 30 heavy (non-hydrogen) atoms. The van der Waals surface area contributed by atoms with E-state index in [2.05, 4.69) is 23.5 Å². The largest absolute Gasteiger partial charge is 0.493 e. The number of methoxy groups -OCH3 is 1. The molecule has 2 saturated carbocycles. The third-order valence-electron chi connectivity index (χ3n) is 7.50. The first-order valence-corrected chi connectivity index (χ1v) is 11.6. The van der Waals surface area contributed by atoms with Crippen molar-refractivity contribution in [2.45, 2.75) is 56.8 Å². The quantitative estimate of drug-likeness (QED) is 0.686. The van der Waals surface area contributed by atoms with Crippen LogP contribution in [0.5, 0.6) is 5.75 Å². The lowest BCUT2D eigenvalue weighted by molar-refractivity contribution is -0.198. The minimum Gasteiger partial charge on any atom is -0.493 e. The molecule has 164 valence electrons. The molecule has 3 fully saturated rings.